The van der Waals surface area contributed by atoms with E-state index < -0.39 is 0 Å². The van der Waals surface area contributed by atoms with Gasteiger partial charge in [0, 0.05) is 18.3 Å². The monoisotopic (exact) mass is 273 g/mol. The summed E-state index contributed by atoms with van der Waals surface area (Å²) >= 11 is 0. The Morgan fingerprint density at radius 1 is 1.00 bits per heavy atom. The number of aromatic nitrogens is 1. The molecule has 1 heterocycles. The SMILES string of the molecule is O=C(NC1CCCC1)c1ccc(NC2CCCC2)nc1. The number of pyridine rings is 1. The van der Waals surface area contributed by atoms with Gasteiger partial charge in [-0.2, -0.15) is 0 Å². The van der Waals surface area contributed by atoms with E-state index in [0.29, 0.717) is 17.6 Å². The van der Waals surface area contributed by atoms with Crippen LogP contribution < -0.4 is 10.6 Å². The minimum Gasteiger partial charge on any atom is -0.367 e. The summed E-state index contributed by atoms with van der Waals surface area (Å²) in [6.07, 6.45) is 11.4. The molecule has 0 saturated heterocycles. The lowest BCUT2D eigenvalue weighted by atomic mass is 10.2. The first-order valence-corrected chi connectivity index (χ1v) is 7.85. The molecule has 4 nitrogen and oxygen atoms in total. The van der Waals surface area contributed by atoms with E-state index in [1.165, 1.54) is 38.5 Å². The second-order valence-electron chi connectivity index (χ2n) is 6.01. The van der Waals surface area contributed by atoms with Crippen LogP contribution in [0.1, 0.15) is 61.7 Å². The molecule has 2 fully saturated rings. The van der Waals surface area contributed by atoms with E-state index >= 15 is 0 Å². The highest BCUT2D eigenvalue weighted by Crippen LogP contribution is 2.21. The normalized spacial score (nSPS) is 20.2. The van der Waals surface area contributed by atoms with E-state index in [-0.39, 0.29) is 5.91 Å². The van der Waals surface area contributed by atoms with E-state index in [9.17, 15) is 4.79 Å². The van der Waals surface area contributed by atoms with E-state index in [1.807, 2.05) is 12.1 Å². The quantitative estimate of drug-likeness (QED) is 0.886. The third-order valence-corrected chi connectivity index (χ3v) is 4.42. The van der Waals surface area contributed by atoms with Gasteiger partial charge in [0.15, 0.2) is 0 Å². The summed E-state index contributed by atoms with van der Waals surface area (Å²) in [4.78, 5) is 16.5. The van der Waals surface area contributed by atoms with Gasteiger partial charge in [-0.25, -0.2) is 4.98 Å². The molecule has 0 aromatic carbocycles. The van der Waals surface area contributed by atoms with Crippen LogP contribution in [0.15, 0.2) is 18.3 Å². The zero-order chi connectivity index (χ0) is 13.8. The van der Waals surface area contributed by atoms with Crippen LogP contribution in [-0.2, 0) is 0 Å². The maximum absolute atomic E-state index is 12.1. The molecule has 0 bridgehead atoms. The van der Waals surface area contributed by atoms with Gasteiger partial charge in [0.2, 0.25) is 0 Å². The average Bonchev–Trinajstić information content (AvgIpc) is 3.13. The summed E-state index contributed by atoms with van der Waals surface area (Å²) in [6, 6.07) is 4.70. The third kappa shape index (κ3) is 3.30. The molecule has 2 saturated carbocycles. The van der Waals surface area contributed by atoms with Gasteiger partial charge in [-0.15, -0.1) is 0 Å². The fourth-order valence-corrected chi connectivity index (χ4v) is 3.23. The molecule has 0 unspecified atom stereocenters. The van der Waals surface area contributed by atoms with Crippen LogP contribution in [0.2, 0.25) is 0 Å². The zero-order valence-corrected chi connectivity index (χ0v) is 11.9. The smallest absolute Gasteiger partial charge is 0.253 e. The van der Waals surface area contributed by atoms with Gasteiger partial charge in [0.1, 0.15) is 5.82 Å². The first-order valence-electron chi connectivity index (χ1n) is 7.85. The van der Waals surface area contributed by atoms with E-state index in [1.54, 1.807) is 6.20 Å². The van der Waals surface area contributed by atoms with Crippen molar-refractivity contribution >= 4 is 11.7 Å². The van der Waals surface area contributed by atoms with Gasteiger partial charge >= 0.3 is 0 Å². The number of anilines is 1. The molecule has 4 heteroatoms. The van der Waals surface area contributed by atoms with Crippen molar-refractivity contribution in [1.82, 2.24) is 10.3 Å². The van der Waals surface area contributed by atoms with Crippen LogP contribution in [0.4, 0.5) is 5.82 Å². The number of carbonyl (C=O) groups is 1. The van der Waals surface area contributed by atoms with E-state index in [0.717, 1.165) is 18.7 Å². The number of rotatable bonds is 4. The molecular formula is C16H23N3O. The Balaban J connectivity index is 1.55. The third-order valence-electron chi connectivity index (χ3n) is 4.42. The first-order chi connectivity index (χ1) is 9.81. The van der Waals surface area contributed by atoms with E-state index in [2.05, 4.69) is 15.6 Å². The number of hydrogen-bond donors (Lipinski definition) is 2. The summed E-state index contributed by atoms with van der Waals surface area (Å²) in [5.41, 5.74) is 0.661. The number of nitrogens with zero attached hydrogens (tertiary/aromatic N) is 1. The van der Waals surface area contributed by atoms with Crippen LogP contribution >= 0.6 is 0 Å². The van der Waals surface area contributed by atoms with Crippen molar-refractivity contribution < 1.29 is 4.79 Å². The molecule has 1 aromatic heterocycles. The van der Waals surface area contributed by atoms with Crippen molar-refractivity contribution in [2.45, 2.75) is 63.5 Å². The van der Waals surface area contributed by atoms with Crippen LogP contribution in [-0.4, -0.2) is 23.0 Å². The molecule has 20 heavy (non-hydrogen) atoms. The zero-order valence-electron chi connectivity index (χ0n) is 11.9. The van der Waals surface area contributed by atoms with Gasteiger partial charge in [-0.3, -0.25) is 4.79 Å². The molecule has 1 aromatic rings. The molecular weight excluding hydrogens is 250 g/mol. The summed E-state index contributed by atoms with van der Waals surface area (Å²) in [7, 11) is 0. The Hall–Kier alpha value is -1.58. The summed E-state index contributed by atoms with van der Waals surface area (Å²) < 4.78 is 0. The molecule has 0 spiro atoms. The van der Waals surface area contributed by atoms with E-state index in [4.69, 9.17) is 0 Å². The Morgan fingerprint density at radius 3 is 2.25 bits per heavy atom. The molecule has 2 aliphatic carbocycles. The minimum absolute atomic E-state index is 0.0109. The Morgan fingerprint density at radius 2 is 1.65 bits per heavy atom. The largest absolute Gasteiger partial charge is 0.367 e. The first kappa shape index (κ1) is 13.4. The van der Waals surface area contributed by atoms with Gasteiger partial charge in [-0.05, 0) is 37.8 Å². The van der Waals surface area contributed by atoms with Crippen LogP contribution in [0, 0.1) is 0 Å². The predicted molar refractivity (Wildman–Crippen MR) is 79.8 cm³/mol. The standard InChI is InChI=1S/C16H23N3O/c20-16(19-14-7-3-4-8-14)12-9-10-15(17-11-12)18-13-5-1-2-6-13/h9-11,13-14H,1-8H2,(H,17,18)(H,19,20). The average molecular weight is 273 g/mol. The molecule has 2 N–H and O–H groups in total. The molecule has 1 amide bonds. The van der Waals surface area contributed by atoms with Crippen LogP contribution in [0.5, 0.6) is 0 Å². The molecule has 108 valence electrons. The maximum atomic E-state index is 12.1. The van der Waals surface area contributed by atoms with Crippen molar-refractivity contribution in [3.63, 3.8) is 0 Å². The van der Waals surface area contributed by atoms with Crippen molar-refractivity contribution in [2.24, 2.45) is 0 Å². The Kier molecular flexibility index (Phi) is 4.19. The highest BCUT2D eigenvalue weighted by atomic mass is 16.1. The minimum atomic E-state index is 0.0109. The fraction of sp³-hybridized carbons (Fsp3) is 0.625. The second-order valence-corrected chi connectivity index (χ2v) is 6.01. The van der Waals surface area contributed by atoms with Crippen molar-refractivity contribution in [1.29, 1.82) is 0 Å². The van der Waals surface area contributed by atoms with Crippen molar-refractivity contribution in [3.8, 4) is 0 Å². The molecule has 2 aliphatic rings. The number of nitrogens with one attached hydrogen (secondary N) is 2. The van der Waals surface area contributed by atoms with Crippen LogP contribution in [0.3, 0.4) is 0 Å². The topological polar surface area (TPSA) is 54.0 Å². The van der Waals surface area contributed by atoms with Gasteiger partial charge < -0.3 is 10.6 Å². The summed E-state index contributed by atoms with van der Waals surface area (Å²) in [5.74, 6) is 0.895. The molecule has 0 radical (unpaired) electrons. The molecule has 0 atom stereocenters. The Bertz CT molecular complexity index is 445. The highest BCUT2D eigenvalue weighted by Gasteiger charge is 2.18. The lowest BCUT2D eigenvalue weighted by molar-refractivity contribution is 0.0937. The molecule has 3 rings (SSSR count). The number of hydrogen-bond acceptors (Lipinski definition) is 3. The second kappa shape index (κ2) is 6.25. The van der Waals surface area contributed by atoms with Gasteiger partial charge in [-0.1, -0.05) is 25.7 Å². The Labute approximate surface area is 120 Å². The highest BCUT2D eigenvalue weighted by molar-refractivity contribution is 5.94. The summed E-state index contributed by atoms with van der Waals surface area (Å²) in [6.45, 7) is 0. The van der Waals surface area contributed by atoms with Crippen molar-refractivity contribution in [3.05, 3.63) is 23.9 Å². The summed E-state index contributed by atoms with van der Waals surface area (Å²) in [5, 5.41) is 6.53. The molecule has 0 aliphatic heterocycles. The van der Waals surface area contributed by atoms with Crippen molar-refractivity contribution in [2.75, 3.05) is 5.32 Å². The number of amides is 1. The predicted octanol–water partition coefficient (Wildman–Crippen LogP) is 3.11. The lowest BCUT2D eigenvalue weighted by Crippen LogP contribution is -2.32. The van der Waals surface area contributed by atoms with Gasteiger partial charge in [0.25, 0.3) is 5.91 Å². The maximum Gasteiger partial charge on any atom is 0.253 e. The lowest BCUT2D eigenvalue weighted by Gasteiger charge is -2.14. The van der Waals surface area contributed by atoms with Gasteiger partial charge in [0.05, 0.1) is 5.56 Å². The number of carbonyl (C=O) groups excluding carboxylic acids is 1. The fourth-order valence-electron chi connectivity index (χ4n) is 3.23. The van der Waals surface area contributed by atoms with Crippen LogP contribution in [0.25, 0.3) is 0 Å².